The molecule has 1 heterocycles. The molecule has 0 atom stereocenters. The number of amides is 1. The first-order valence-electron chi connectivity index (χ1n) is 7.75. The van der Waals surface area contributed by atoms with Crippen molar-refractivity contribution in [3.63, 3.8) is 0 Å². The lowest BCUT2D eigenvalue weighted by Crippen LogP contribution is -2.17. The van der Waals surface area contributed by atoms with E-state index in [2.05, 4.69) is 15.0 Å². The minimum atomic E-state index is -3.68. The second kappa shape index (κ2) is 6.25. The molecule has 0 aliphatic heterocycles. The molecule has 3 rings (SSSR count). The van der Waals surface area contributed by atoms with E-state index in [1.807, 2.05) is 13.0 Å². The smallest absolute Gasteiger partial charge is 0.267 e. The van der Waals surface area contributed by atoms with Crippen LogP contribution < -0.4 is 10.0 Å². The molecule has 0 bridgehead atoms. The number of aromatic amines is 1. The van der Waals surface area contributed by atoms with Gasteiger partial charge in [-0.25, -0.2) is 8.42 Å². The summed E-state index contributed by atoms with van der Waals surface area (Å²) in [4.78, 5) is 14.9. The molecule has 1 aromatic heterocycles. The van der Waals surface area contributed by atoms with Gasteiger partial charge in [0.25, 0.3) is 15.9 Å². The van der Waals surface area contributed by atoms with E-state index in [0.29, 0.717) is 16.9 Å². The molecule has 2 aromatic carbocycles. The number of rotatable bonds is 4. The number of carbonyl (C=O) groups excluding carboxylic acids is 1. The second-order valence-corrected chi connectivity index (χ2v) is 7.59. The average molecular weight is 357 g/mol. The van der Waals surface area contributed by atoms with Gasteiger partial charge in [-0.05, 0) is 49.7 Å². The van der Waals surface area contributed by atoms with Crippen molar-refractivity contribution < 1.29 is 13.2 Å². The third-order valence-corrected chi connectivity index (χ3v) is 5.51. The summed E-state index contributed by atoms with van der Waals surface area (Å²) in [5.41, 5.74) is 3.32. The number of benzene rings is 2. The minimum absolute atomic E-state index is 0.228. The molecule has 3 aromatic rings. The Kier molecular flexibility index (Phi) is 4.26. The van der Waals surface area contributed by atoms with E-state index in [1.165, 1.54) is 0 Å². The molecule has 0 fully saturated rings. The van der Waals surface area contributed by atoms with E-state index in [4.69, 9.17) is 0 Å². The second-order valence-electron chi connectivity index (χ2n) is 5.94. The number of hydrogen-bond acceptors (Lipinski definition) is 3. The molecule has 25 heavy (non-hydrogen) atoms. The molecule has 0 saturated carbocycles. The van der Waals surface area contributed by atoms with Gasteiger partial charge < -0.3 is 10.3 Å². The van der Waals surface area contributed by atoms with Crippen LogP contribution in [0.15, 0.2) is 47.4 Å². The van der Waals surface area contributed by atoms with Crippen molar-refractivity contribution in [2.75, 3.05) is 11.8 Å². The van der Waals surface area contributed by atoms with Gasteiger partial charge in [-0.3, -0.25) is 9.52 Å². The van der Waals surface area contributed by atoms with Gasteiger partial charge in [0.05, 0.1) is 4.90 Å². The molecule has 0 aliphatic rings. The predicted octanol–water partition coefficient (Wildman–Crippen LogP) is 2.95. The van der Waals surface area contributed by atoms with Crippen LogP contribution in [0.4, 0.5) is 5.69 Å². The zero-order chi connectivity index (χ0) is 18.2. The first kappa shape index (κ1) is 17.0. The number of aryl methyl sites for hydroxylation is 2. The molecule has 7 heteroatoms. The van der Waals surface area contributed by atoms with Crippen LogP contribution in [0.3, 0.4) is 0 Å². The lowest BCUT2D eigenvalue weighted by molar-refractivity contribution is 0.0959. The SMILES string of the molecule is CNC(=O)c1cc2cc(NS(=O)(=O)c3ccc(C)cc3C)ccc2[nH]1. The van der Waals surface area contributed by atoms with Crippen LogP contribution >= 0.6 is 0 Å². The largest absolute Gasteiger partial charge is 0.354 e. The lowest BCUT2D eigenvalue weighted by Gasteiger charge is -2.11. The van der Waals surface area contributed by atoms with Crippen molar-refractivity contribution in [2.24, 2.45) is 0 Å². The Morgan fingerprint density at radius 1 is 1.04 bits per heavy atom. The number of nitrogens with one attached hydrogen (secondary N) is 3. The van der Waals surface area contributed by atoms with Crippen molar-refractivity contribution >= 4 is 32.5 Å². The van der Waals surface area contributed by atoms with Crippen LogP contribution in [0.5, 0.6) is 0 Å². The zero-order valence-corrected chi connectivity index (χ0v) is 15.0. The Morgan fingerprint density at radius 3 is 2.48 bits per heavy atom. The topological polar surface area (TPSA) is 91.1 Å². The fourth-order valence-electron chi connectivity index (χ4n) is 2.76. The van der Waals surface area contributed by atoms with E-state index < -0.39 is 10.0 Å². The fraction of sp³-hybridized carbons (Fsp3) is 0.167. The number of aromatic nitrogens is 1. The van der Waals surface area contributed by atoms with Gasteiger partial charge in [0.2, 0.25) is 0 Å². The van der Waals surface area contributed by atoms with Gasteiger partial charge in [-0.2, -0.15) is 0 Å². The van der Waals surface area contributed by atoms with E-state index in [1.54, 1.807) is 50.4 Å². The predicted molar refractivity (Wildman–Crippen MR) is 98.4 cm³/mol. The highest BCUT2D eigenvalue weighted by atomic mass is 32.2. The molecular weight excluding hydrogens is 338 g/mol. The highest BCUT2D eigenvalue weighted by Crippen LogP contribution is 2.24. The van der Waals surface area contributed by atoms with Crippen molar-refractivity contribution in [3.8, 4) is 0 Å². The van der Waals surface area contributed by atoms with E-state index in [9.17, 15) is 13.2 Å². The van der Waals surface area contributed by atoms with E-state index >= 15 is 0 Å². The van der Waals surface area contributed by atoms with Crippen LogP contribution in [-0.4, -0.2) is 26.4 Å². The maximum absolute atomic E-state index is 12.6. The van der Waals surface area contributed by atoms with Crippen molar-refractivity contribution in [1.29, 1.82) is 0 Å². The minimum Gasteiger partial charge on any atom is -0.354 e. The molecule has 0 unspecified atom stereocenters. The van der Waals surface area contributed by atoms with Gasteiger partial charge in [0.15, 0.2) is 0 Å². The monoisotopic (exact) mass is 357 g/mol. The maximum atomic E-state index is 12.6. The number of hydrogen-bond donors (Lipinski definition) is 3. The Morgan fingerprint density at radius 2 is 1.80 bits per heavy atom. The van der Waals surface area contributed by atoms with Crippen LogP contribution in [0.25, 0.3) is 10.9 Å². The standard InChI is InChI=1S/C18H19N3O3S/c1-11-4-7-17(12(2)8-11)25(23,24)21-14-5-6-15-13(9-14)10-16(20-15)18(22)19-3/h4-10,20-21H,1-3H3,(H,19,22). The highest BCUT2D eigenvalue weighted by molar-refractivity contribution is 7.92. The zero-order valence-electron chi connectivity index (χ0n) is 14.2. The molecule has 0 aliphatic carbocycles. The van der Waals surface area contributed by atoms with Crippen molar-refractivity contribution in [1.82, 2.24) is 10.3 Å². The van der Waals surface area contributed by atoms with Gasteiger partial charge in [-0.1, -0.05) is 17.7 Å². The van der Waals surface area contributed by atoms with Gasteiger partial charge >= 0.3 is 0 Å². The summed E-state index contributed by atoms with van der Waals surface area (Å²) in [7, 11) is -2.13. The van der Waals surface area contributed by atoms with Gasteiger partial charge in [-0.15, -0.1) is 0 Å². The molecular formula is C18H19N3O3S. The first-order valence-corrected chi connectivity index (χ1v) is 9.23. The Bertz CT molecular complexity index is 1070. The number of anilines is 1. The molecule has 1 amide bonds. The summed E-state index contributed by atoms with van der Waals surface area (Å²) < 4.78 is 27.9. The quantitative estimate of drug-likeness (QED) is 0.670. The molecule has 0 saturated heterocycles. The van der Waals surface area contributed by atoms with Crippen LogP contribution in [0, 0.1) is 13.8 Å². The average Bonchev–Trinajstić information content (AvgIpc) is 2.96. The summed E-state index contributed by atoms with van der Waals surface area (Å²) >= 11 is 0. The Hall–Kier alpha value is -2.80. The summed E-state index contributed by atoms with van der Waals surface area (Å²) in [6, 6.07) is 12.0. The number of carbonyl (C=O) groups is 1. The molecule has 0 spiro atoms. The van der Waals surface area contributed by atoms with Crippen molar-refractivity contribution in [3.05, 3.63) is 59.3 Å². The Labute approximate surface area is 146 Å². The van der Waals surface area contributed by atoms with E-state index in [0.717, 1.165) is 16.5 Å². The molecule has 130 valence electrons. The highest BCUT2D eigenvalue weighted by Gasteiger charge is 2.17. The fourth-order valence-corrected chi connectivity index (χ4v) is 4.04. The summed E-state index contributed by atoms with van der Waals surface area (Å²) in [5.74, 6) is -0.228. The number of fused-ring (bicyclic) bond motifs is 1. The summed E-state index contributed by atoms with van der Waals surface area (Å²) in [5, 5.41) is 3.30. The van der Waals surface area contributed by atoms with E-state index in [-0.39, 0.29) is 10.8 Å². The molecule has 6 nitrogen and oxygen atoms in total. The van der Waals surface area contributed by atoms with Crippen LogP contribution in [-0.2, 0) is 10.0 Å². The third kappa shape index (κ3) is 3.36. The van der Waals surface area contributed by atoms with Gasteiger partial charge in [0.1, 0.15) is 5.69 Å². The van der Waals surface area contributed by atoms with Crippen molar-refractivity contribution in [2.45, 2.75) is 18.7 Å². The number of H-pyrrole nitrogens is 1. The van der Waals surface area contributed by atoms with Gasteiger partial charge in [0, 0.05) is 23.6 Å². The summed E-state index contributed by atoms with van der Waals surface area (Å²) in [6.07, 6.45) is 0. The van der Waals surface area contributed by atoms with Crippen LogP contribution in [0.1, 0.15) is 21.6 Å². The lowest BCUT2D eigenvalue weighted by atomic mass is 10.2. The Balaban J connectivity index is 1.95. The molecule has 3 N–H and O–H groups in total. The maximum Gasteiger partial charge on any atom is 0.267 e. The summed E-state index contributed by atoms with van der Waals surface area (Å²) in [6.45, 7) is 3.69. The normalized spacial score (nSPS) is 11.5. The first-order chi connectivity index (χ1) is 11.8. The third-order valence-electron chi connectivity index (χ3n) is 3.96. The number of sulfonamides is 1. The molecule has 0 radical (unpaired) electrons. The van der Waals surface area contributed by atoms with Crippen LogP contribution in [0.2, 0.25) is 0 Å².